The average molecular weight is 199 g/mol. The predicted molar refractivity (Wildman–Crippen MR) is 52.8 cm³/mol. The lowest BCUT2D eigenvalue weighted by molar-refractivity contribution is 0.0959. The van der Waals surface area contributed by atoms with Crippen LogP contribution >= 0.6 is 0 Å². The number of rotatable bonds is 3. The molecule has 14 heavy (non-hydrogen) atoms. The van der Waals surface area contributed by atoms with E-state index in [1.807, 2.05) is 0 Å². The minimum absolute atomic E-state index is 0.359. The van der Waals surface area contributed by atoms with Crippen molar-refractivity contribution in [2.24, 2.45) is 0 Å². The van der Waals surface area contributed by atoms with Gasteiger partial charge in [0.2, 0.25) is 0 Å². The molecule has 0 spiro atoms. The van der Waals surface area contributed by atoms with Gasteiger partial charge in [-0.25, -0.2) is 4.39 Å². The number of halogens is 1. The Hall–Kier alpha value is -1.13. The largest absolute Gasteiger partial charge is 0.393 e. The standard InChI is InChI=1S/C10H14FNO2/c1-12(2)9-5-7(11)3-4-8(9)10(14)6-13/h3-5,10,13-14H,6H2,1-2H3. The molecule has 0 aliphatic heterocycles. The molecule has 0 radical (unpaired) electrons. The zero-order valence-corrected chi connectivity index (χ0v) is 8.24. The van der Waals surface area contributed by atoms with Crippen LogP contribution in [0.3, 0.4) is 0 Å². The average Bonchev–Trinajstić information content (AvgIpc) is 2.16. The summed E-state index contributed by atoms with van der Waals surface area (Å²) in [5, 5.41) is 18.3. The maximum Gasteiger partial charge on any atom is 0.125 e. The van der Waals surface area contributed by atoms with Gasteiger partial charge < -0.3 is 15.1 Å². The maximum atomic E-state index is 12.9. The van der Waals surface area contributed by atoms with Gasteiger partial charge in [0.05, 0.1) is 6.61 Å². The Kier molecular flexibility index (Phi) is 3.43. The third kappa shape index (κ3) is 2.21. The van der Waals surface area contributed by atoms with Crippen LogP contribution in [-0.4, -0.2) is 30.9 Å². The zero-order valence-electron chi connectivity index (χ0n) is 8.24. The number of hydrogen-bond donors (Lipinski definition) is 2. The molecule has 4 heteroatoms. The number of hydrogen-bond acceptors (Lipinski definition) is 3. The van der Waals surface area contributed by atoms with Gasteiger partial charge >= 0.3 is 0 Å². The molecule has 1 atom stereocenters. The van der Waals surface area contributed by atoms with Gasteiger partial charge in [0.15, 0.2) is 0 Å². The van der Waals surface area contributed by atoms with Crippen molar-refractivity contribution in [3.8, 4) is 0 Å². The van der Waals surface area contributed by atoms with Gasteiger partial charge in [-0.1, -0.05) is 6.07 Å². The van der Waals surface area contributed by atoms with Crippen LogP contribution < -0.4 is 4.90 Å². The second-order valence-corrected chi connectivity index (χ2v) is 3.30. The highest BCUT2D eigenvalue weighted by molar-refractivity contribution is 5.53. The van der Waals surface area contributed by atoms with Gasteiger partial charge in [-0.2, -0.15) is 0 Å². The van der Waals surface area contributed by atoms with E-state index in [1.165, 1.54) is 18.2 Å². The molecule has 2 N–H and O–H groups in total. The van der Waals surface area contributed by atoms with E-state index in [4.69, 9.17) is 5.11 Å². The van der Waals surface area contributed by atoms with Crippen molar-refractivity contribution in [1.29, 1.82) is 0 Å². The third-order valence-corrected chi connectivity index (χ3v) is 2.01. The number of aliphatic hydroxyl groups excluding tert-OH is 2. The Morgan fingerprint density at radius 1 is 1.43 bits per heavy atom. The second-order valence-electron chi connectivity index (χ2n) is 3.30. The molecule has 0 aliphatic rings. The van der Waals surface area contributed by atoms with E-state index in [9.17, 15) is 9.50 Å². The van der Waals surface area contributed by atoms with Crippen molar-refractivity contribution < 1.29 is 14.6 Å². The number of anilines is 1. The SMILES string of the molecule is CN(C)c1cc(F)ccc1C(O)CO. The predicted octanol–water partition coefficient (Wildman–Crippen LogP) is 0.917. The Morgan fingerprint density at radius 2 is 2.07 bits per heavy atom. The van der Waals surface area contributed by atoms with Crippen molar-refractivity contribution >= 4 is 5.69 Å². The first-order valence-corrected chi connectivity index (χ1v) is 4.32. The summed E-state index contributed by atoms with van der Waals surface area (Å²) in [6, 6.07) is 4.07. The molecule has 1 aromatic carbocycles. The minimum Gasteiger partial charge on any atom is -0.393 e. The highest BCUT2D eigenvalue weighted by Gasteiger charge is 2.13. The number of aliphatic hydroxyl groups is 2. The molecule has 1 rings (SSSR count). The first kappa shape index (κ1) is 10.9. The summed E-state index contributed by atoms with van der Waals surface area (Å²) in [4.78, 5) is 1.69. The van der Waals surface area contributed by atoms with Gasteiger partial charge in [0.25, 0.3) is 0 Å². The molecular weight excluding hydrogens is 185 g/mol. The van der Waals surface area contributed by atoms with Crippen LogP contribution in [0.4, 0.5) is 10.1 Å². The van der Waals surface area contributed by atoms with Crippen LogP contribution in [0.15, 0.2) is 18.2 Å². The van der Waals surface area contributed by atoms with E-state index in [0.29, 0.717) is 11.3 Å². The summed E-state index contributed by atoms with van der Waals surface area (Å²) in [6.07, 6.45) is -0.965. The molecule has 1 unspecified atom stereocenters. The van der Waals surface area contributed by atoms with E-state index in [0.717, 1.165) is 0 Å². The molecule has 3 nitrogen and oxygen atoms in total. The summed E-state index contributed by atoms with van der Waals surface area (Å²) in [7, 11) is 3.50. The lowest BCUT2D eigenvalue weighted by Crippen LogP contribution is -2.14. The summed E-state index contributed by atoms with van der Waals surface area (Å²) < 4.78 is 12.9. The molecular formula is C10H14FNO2. The van der Waals surface area contributed by atoms with Crippen molar-refractivity contribution in [2.75, 3.05) is 25.6 Å². The molecule has 1 aromatic rings. The molecule has 78 valence electrons. The highest BCUT2D eigenvalue weighted by Crippen LogP contribution is 2.25. The summed E-state index contributed by atoms with van der Waals surface area (Å²) in [5.74, 6) is -0.359. The summed E-state index contributed by atoms with van der Waals surface area (Å²) >= 11 is 0. The Balaban J connectivity index is 3.14. The zero-order chi connectivity index (χ0) is 10.7. The van der Waals surface area contributed by atoms with Crippen LogP contribution in [0.2, 0.25) is 0 Å². The molecule has 0 saturated carbocycles. The lowest BCUT2D eigenvalue weighted by Gasteiger charge is -2.19. The normalized spacial score (nSPS) is 12.6. The monoisotopic (exact) mass is 199 g/mol. The van der Waals surface area contributed by atoms with Gasteiger partial charge in [0.1, 0.15) is 11.9 Å². The van der Waals surface area contributed by atoms with E-state index >= 15 is 0 Å². The fourth-order valence-electron chi connectivity index (χ4n) is 1.28. The quantitative estimate of drug-likeness (QED) is 0.760. The fraction of sp³-hybridized carbons (Fsp3) is 0.400. The van der Waals surface area contributed by atoms with Gasteiger partial charge in [0, 0.05) is 25.3 Å². The lowest BCUT2D eigenvalue weighted by atomic mass is 10.1. The maximum absolute atomic E-state index is 12.9. The Bertz CT molecular complexity index is 315. The molecule has 0 fully saturated rings. The number of nitrogens with zero attached hydrogens (tertiary/aromatic N) is 1. The van der Waals surface area contributed by atoms with Gasteiger partial charge in [-0.05, 0) is 12.1 Å². The van der Waals surface area contributed by atoms with E-state index in [2.05, 4.69) is 0 Å². The van der Waals surface area contributed by atoms with Crippen molar-refractivity contribution in [1.82, 2.24) is 0 Å². The minimum atomic E-state index is -0.965. The molecule has 0 bridgehead atoms. The first-order valence-electron chi connectivity index (χ1n) is 4.32. The smallest absolute Gasteiger partial charge is 0.125 e. The Morgan fingerprint density at radius 3 is 2.57 bits per heavy atom. The van der Waals surface area contributed by atoms with Crippen molar-refractivity contribution in [3.05, 3.63) is 29.6 Å². The van der Waals surface area contributed by atoms with Gasteiger partial charge in [-0.3, -0.25) is 0 Å². The van der Waals surface area contributed by atoms with E-state index < -0.39 is 6.10 Å². The van der Waals surface area contributed by atoms with Crippen LogP contribution in [0.1, 0.15) is 11.7 Å². The second kappa shape index (κ2) is 4.39. The van der Waals surface area contributed by atoms with Crippen LogP contribution in [-0.2, 0) is 0 Å². The van der Waals surface area contributed by atoms with Gasteiger partial charge in [-0.15, -0.1) is 0 Å². The Labute approximate surface area is 82.4 Å². The van der Waals surface area contributed by atoms with E-state index in [1.54, 1.807) is 19.0 Å². The van der Waals surface area contributed by atoms with Crippen LogP contribution in [0, 0.1) is 5.82 Å². The van der Waals surface area contributed by atoms with Crippen LogP contribution in [0.25, 0.3) is 0 Å². The molecule has 0 heterocycles. The van der Waals surface area contributed by atoms with Crippen LogP contribution in [0.5, 0.6) is 0 Å². The van der Waals surface area contributed by atoms with Crippen molar-refractivity contribution in [3.63, 3.8) is 0 Å². The molecule has 0 aromatic heterocycles. The third-order valence-electron chi connectivity index (χ3n) is 2.01. The first-order chi connectivity index (χ1) is 6.56. The fourth-order valence-corrected chi connectivity index (χ4v) is 1.28. The van der Waals surface area contributed by atoms with Crippen molar-refractivity contribution in [2.45, 2.75) is 6.10 Å². The topological polar surface area (TPSA) is 43.7 Å². The highest BCUT2D eigenvalue weighted by atomic mass is 19.1. The molecule has 0 amide bonds. The summed E-state index contributed by atoms with van der Waals surface area (Å²) in [6.45, 7) is -0.369. The molecule has 0 aliphatic carbocycles. The van der Waals surface area contributed by atoms with E-state index in [-0.39, 0.29) is 12.4 Å². The summed E-state index contributed by atoms with van der Waals surface area (Å²) in [5.41, 5.74) is 1.10. The molecule has 0 saturated heterocycles. The number of benzene rings is 1.